The second-order valence-corrected chi connectivity index (χ2v) is 9.62. The molecule has 146 valence electrons. The Morgan fingerprint density at radius 1 is 1.19 bits per heavy atom. The first-order valence-electron chi connectivity index (χ1n) is 10.1. The zero-order valence-corrected chi connectivity index (χ0v) is 17.7. The minimum Gasteiger partial charge on any atom is -0.481 e. The molecule has 0 spiro atoms. The van der Waals surface area contributed by atoms with E-state index in [-0.39, 0.29) is 11.3 Å². The minimum atomic E-state index is -0.421. The summed E-state index contributed by atoms with van der Waals surface area (Å²) in [6, 6.07) is 8.10. The van der Waals surface area contributed by atoms with Crippen LogP contribution in [0.2, 0.25) is 0 Å². The molecule has 0 unspecified atom stereocenters. The number of benzene rings is 1. The summed E-state index contributed by atoms with van der Waals surface area (Å²) in [7, 11) is 0. The highest BCUT2D eigenvalue weighted by Gasteiger charge is 2.19. The fraction of sp³-hybridized carbons (Fsp3) is 0.682. The average Bonchev–Trinajstić information content (AvgIpc) is 2.63. The fourth-order valence-electron chi connectivity index (χ4n) is 3.27. The number of hydrogen-bond acceptors (Lipinski definition) is 3. The van der Waals surface area contributed by atoms with Crippen LogP contribution in [0.25, 0.3) is 0 Å². The molecule has 26 heavy (non-hydrogen) atoms. The molecule has 1 aromatic rings. The molecule has 1 aliphatic carbocycles. The van der Waals surface area contributed by atoms with Crippen molar-refractivity contribution >= 4 is 17.7 Å². The molecule has 3 nitrogen and oxygen atoms in total. The van der Waals surface area contributed by atoms with Gasteiger partial charge in [0, 0.05) is 17.5 Å². The lowest BCUT2D eigenvalue weighted by Gasteiger charge is -2.22. The van der Waals surface area contributed by atoms with Crippen molar-refractivity contribution in [3.8, 4) is 5.75 Å². The molecule has 0 heterocycles. The van der Waals surface area contributed by atoms with Gasteiger partial charge in [0.15, 0.2) is 6.10 Å². The predicted molar refractivity (Wildman–Crippen MR) is 112 cm³/mol. The van der Waals surface area contributed by atoms with Crippen molar-refractivity contribution in [2.75, 3.05) is 12.3 Å². The molecule has 1 fully saturated rings. The third-order valence-corrected chi connectivity index (χ3v) is 6.35. The standard InChI is InChI=1S/C22H35NO2S/c1-5-20(25-18-13-11-17(12-14-18)22(2,3)4)21(24)23-15-16-26-19-9-7-6-8-10-19/h11-14,19-20H,5-10,15-16H2,1-4H3,(H,23,24)/t20-/m1/s1. The molecule has 1 aromatic carbocycles. The van der Waals surface area contributed by atoms with E-state index >= 15 is 0 Å². The number of carbonyl (C=O) groups is 1. The van der Waals surface area contributed by atoms with E-state index in [1.165, 1.54) is 37.7 Å². The number of thioether (sulfide) groups is 1. The average molecular weight is 378 g/mol. The van der Waals surface area contributed by atoms with Crippen LogP contribution >= 0.6 is 11.8 Å². The molecule has 0 bridgehead atoms. The van der Waals surface area contributed by atoms with Crippen LogP contribution in [-0.4, -0.2) is 29.6 Å². The Kier molecular flexibility index (Phi) is 8.33. The van der Waals surface area contributed by atoms with Crippen molar-refractivity contribution in [3.05, 3.63) is 29.8 Å². The van der Waals surface area contributed by atoms with E-state index in [9.17, 15) is 4.79 Å². The van der Waals surface area contributed by atoms with E-state index in [1.807, 2.05) is 30.8 Å². The summed E-state index contributed by atoms with van der Waals surface area (Å²) < 4.78 is 5.92. The number of ether oxygens (including phenoxy) is 1. The Bertz CT molecular complexity index is 544. The number of amides is 1. The van der Waals surface area contributed by atoms with Crippen LogP contribution in [0.15, 0.2) is 24.3 Å². The molecule has 2 rings (SSSR count). The Morgan fingerprint density at radius 3 is 2.42 bits per heavy atom. The van der Waals surface area contributed by atoms with Crippen LogP contribution < -0.4 is 10.1 Å². The second-order valence-electron chi connectivity index (χ2n) is 8.21. The Hall–Kier alpha value is -1.16. The number of nitrogens with one attached hydrogen (secondary N) is 1. The van der Waals surface area contributed by atoms with E-state index in [0.29, 0.717) is 6.42 Å². The third kappa shape index (κ3) is 6.86. The lowest BCUT2D eigenvalue weighted by Crippen LogP contribution is -2.39. The molecule has 0 aliphatic heterocycles. The van der Waals surface area contributed by atoms with Crippen molar-refractivity contribution in [3.63, 3.8) is 0 Å². The van der Waals surface area contributed by atoms with Gasteiger partial charge in [-0.3, -0.25) is 4.79 Å². The lowest BCUT2D eigenvalue weighted by molar-refractivity contribution is -0.127. The predicted octanol–water partition coefficient (Wildman–Crippen LogP) is 5.32. The molecule has 1 N–H and O–H groups in total. The topological polar surface area (TPSA) is 38.3 Å². The summed E-state index contributed by atoms with van der Waals surface area (Å²) in [5.74, 6) is 1.75. The SMILES string of the molecule is CC[C@@H](Oc1ccc(C(C)(C)C)cc1)C(=O)NCCSC1CCCCC1. The molecule has 1 atom stereocenters. The smallest absolute Gasteiger partial charge is 0.261 e. The highest BCUT2D eigenvalue weighted by Crippen LogP contribution is 2.28. The van der Waals surface area contributed by atoms with Crippen LogP contribution in [-0.2, 0) is 10.2 Å². The van der Waals surface area contributed by atoms with Gasteiger partial charge in [0.2, 0.25) is 0 Å². The first-order valence-corrected chi connectivity index (χ1v) is 11.1. The zero-order chi connectivity index (χ0) is 19.0. The highest BCUT2D eigenvalue weighted by molar-refractivity contribution is 7.99. The van der Waals surface area contributed by atoms with Crippen LogP contribution in [0.1, 0.15) is 71.8 Å². The van der Waals surface area contributed by atoms with Gasteiger partial charge in [-0.25, -0.2) is 0 Å². The summed E-state index contributed by atoms with van der Waals surface area (Å²) in [6.07, 6.45) is 7.04. The molecule has 1 aliphatic rings. The Balaban J connectivity index is 1.75. The maximum Gasteiger partial charge on any atom is 0.261 e. The largest absolute Gasteiger partial charge is 0.481 e. The molecular formula is C22H35NO2S. The van der Waals surface area contributed by atoms with Gasteiger partial charge in [-0.2, -0.15) is 11.8 Å². The molecule has 0 radical (unpaired) electrons. The van der Waals surface area contributed by atoms with Gasteiger partial charge in [0.25, 0.3) is 5.91 Å². The van der Waals surface area contributed by atoms with Crippen molar-refractivity contribution in [1.29, 1.82) is 0 Å². The number of rotatable bonds is 8. The molecule has 1 saturated carbocycles. The summed E-state index contributed by atoms with van der Waals surface area (Å²) in [6.45, 7) is 9.29. The molecule has 0 saturated heterocycles. The van der Waals surface area contributed by atoms with Gasteiger partial charge in [0.1, 0.15) is 5.75 Å². The van der Waals surface area contributed by atoms with Gasteiger partial charge in [-0.1, -0.05) is 59.1 Å². The van der Waals surface area contributed by atoms with E-state index in [0.717, 1.165) is 23.3 Å². The first-order chi connectivity index (χ1) is 12.4. The van der Waals surface area contributed by atoms with Crippen LogP contribution in [0.4, 0.5) is 0 Å². The van der Waals surface area contributed by atoms with Crippen molar-refractivity contribution < 1.29 is 9.53 Å². The lowest BCUT2D eigenvalue weighted by atomic mass is 9.87. The van der Waals surface area contributed by atoms with Crippen molar-refractivity contribution in [2.45, 2.75) is 83.0 Å². The van der Waals surface area contributed by atoms with Crippen molar-refractivity contribution in [1.82, 2.24) is 5.32 Å². The molecule has 1 amide bonds. The quantitative estimate of drug-likeness (QED) is 0.623. The van der Waals surface area contributed by atoms with E-state index < -0.39 is 6.10 Å². The molecule has 0 aromatic heterocycles. The number of carbonyl (C=O) groups excluding carboxylic acids is 1. The van der Waals surface area contributed by atoms with Gasteiger partial charge in [0.05, 0.1) is 0 Å². The number of hydrogen-bond donors (Lipinski definition) is 1. The molecular weight excluding hydrogens is 342 g/mol. The Morgan fingerprint density at radius 2 is 1.85 bits per heavy atom. The third-order valence-electron chi connectivity index (χ3n) is 4.97. The summed E-state index contributed by atoms with van der Waals surface area (Å²) in [5, 5.41) is 3.84. The van der Waals surface area contributed by atoms with E-state index in [1.54, 1.807) is 0 Å². The summed E-state index contributed by atoms with van der Waals surface area (Å²) in [4.78, 5) is 12.4. The van der Waals surface area contributed by atoms with E-state index in [4.69, 9.17) is 4.74 Å². The maximum absolute atomic E-state index is 12.4. The minimum absolute atomic E-state index is 0.00311. The zero-order valence-electron chi connectivity index (χ0n) is 16.8. The normalized spacial score (nSPS) is 16.9. The monoisotopic (exact) mass is 377 g/mol. The van der Waals surface area contributed by atoms with Crippen LogP contribution in [0.3, 0.4) is 0 Å². The van der Waals surface area contributed by atoms with Crippen molar-refractivity contribution in [2.24, 2.45) is 0 Å². The second kappa shape index (κ2) is 10.2. The van der Waals surface area contributed by atoms with Gasteiger partial charge in [-0.05, 0) is 42.4 Å². The van der Waals surface area contributed by atoms with E-state index in [2.05, 4.69) is 38.2 Å². The Labute approximate surface area is 163 Å². The van der Waals surface area contributed by atoms with Crippen LogP contribution in [0.5, 0.6) is 5.75 Å². The first kappa shape index (κ1) is 21.1. The summed E-state index contributed by atoms with van der Waals surface area (Å²) >= 11 is 2.01. The highest BCUT2D eigenvalue weighted by atomic mass is 32.2. The van der Waals surface area contributed by atoms with Gasteiger partial charge in [-0.15, -0.1) is 0 Å². The summed E-state index contributed by atoms with van der Waals surface area (Å²) in [5.41, 5.74) is 1.39. The fourth-order valence-corrected chi connectivity index (χ4v) is 4.49. The maximum atomic E-state index is 12.4. The van der Waals surface area contributed by atoms with Crippen LogP contribution in [0, 0.1) is 0 Å². The van der Waals surface area contributed by atoms with Gasteiger partial charge >= 0.3 is 0 Å². The molecule has 4 heteroatoms. The van der Waals surface area contributed by atoms with Gasteiger partial charge < -0.3 is 10.1 Å².